The smallest absolute Gasteiger partial charge is 0.142 e. The van der Waals surface area contributed by atoms with Gasteiger partial charge in [0.1, 0.15) is 5.82 Å². The van der Waals surface area contributed by atoms with Crippen LogP contribution in [0, 0.1) is 11.7 Å². The third kappa shape index (κ3) is 4.18. The van der Waals surface area contributed by atoms with E-state index >= 15 is 0 Å². The predicted octanol–water partition coefficient (Wildman–Crippen LogP) is 4.20. The number of hydrogen-bond donors (Lipinski definition) is 1. The minimum absolute atomic E-state index is 0.257. The van der Waals surface area contributed by atoms with Crippen LogP contribution in [-0.2, 0) is 11.2 Å². The van der Waals surface area contributed by atoms with Crippen LogP contribution in [0.5, 0.6) is 0 Å². The molecule has 1 aliphatic heterocycles. The maximum atomic E-state index is 13.6. The Morgan fingerprint density at radius 2 is 2.24 bits per heavy atom. The Bertz CT molecular complexity index is 454. The van der Waals surface area contributed by atoms with Gasteiger partial charge in [-0.25, -0.2) is 4.39 Å². The molecule has 2 rings (SSSR count). The number of ether oxygens (including phenoxy) is 1. The number of benzene rings is 1. The van der Waals surface area contributed by atoms with Crippen LogP contribution >= 0.6 is 11.6 Å². The number of nitrogens with one attached hydrogen (secondary N) is 1. The lowest BCUT2D eigenvalue weighted by molar-refractivity contribution is 0.0774. The predicted molar refractivity (Wildman–Crippen MR) is 85.3 cm³/mol. The molecule has 4 heteroatoms. The molecule has 1 saturated heterocycles. The van der Waals surface area contributed by atoms with Crippen molar-refractivity contribution in [3.05, 3.63) is 34.6 Å². The second-order valence-electron chi connectivity index (χ2n) is 5.75. The van der Waals surface area contributed by atoms with Gasteiger partial charge in [0.2, 0.25) is 0 Å². The van der Waals surface area contributed by atoms with Crippen LogP contribution in [0.4, 0.5) is 4.39 Å². The summed E-state index contributed by atoms with van der Waals surface area (Å²) in [5.74, 6) is 0.138. The zero-order valence-corrected chi connectivity index (χ0v) is 13.6. The van der Waals surface area contributed by atoms with Crippen LogP contribution < -0.4 is 5.32 Å². The monoisotopic (exact) mass is 313 g/mol. The summed E-state index contributed by atoms with van der Waals surface area (Å²) in [4.78, 5) is 0. The summed E-state index contributed by atoms with van der Waals surface area (Å²) in [6.45, 7) is 6.10. The molecule has 0 saturated carbocycles. The highest BCUT2D eigenvalue weighted by Gasteiger charge is 2.33. The Kier molecular flexibility index (Phi) is 6.46. The van der Waals surface area contributed by atoms with Gasteiger partial charge in [0.15, 0.2) is 0 Å². The molecule has 21 heavy (non-hydrogen) atoms. The molecule has 0 aliphatic carbocycles. The van der Waals surface area contributed by atoms with Crippen molar-refractivity contribution in [2.45, 2.75) is 51.7 Å². The van der Waals surface area contributed by atoms with E-state index in [9.17, 15) is 4.39 Å². The van der Waals surface area contributed by atoms with E-state index in [1.165, 1.54) is 6.07 Å². The molecule has 1 aromatic rings. The molecule has 1 aromatic carbocycles. The molecule has 1 fully saturated rings. The SMILES string of the molecule is CCCNC(Cc1cccc(F)c1Cl)C1CCOC1CC. The van der Waals surface area contributed by atoms with Crippen LogP contribution in [0.3, 0.4) is 0 Å². The minimum Gasteiger partial charge on any atom is -0.378 e. The standard InChI is InChI=1S/C17H25ClFNO/c1-3-9-20-15(13-8-10-21-16(13)4-2)11-12-6-5-7-14(19)17(12)18/h5-7,13,15-16,20H,3-4,8-11H2,1-2H3. The third-order valence-corrected chi connectivity index (χ3v) is 4.73. The van der Waals surface area contributed by atoms with Gasteiger partial charge in [0.25, 0.3) is 0 Å². The molecule has 1 heterocycles. The quantitative estimate of drug-likeness (QED) is 0.814. The summed E-state index contributed by atoms with van der Waals surface area (Å²) < 4.78 is 19.4. The van der Waals surface area contributed by atoms with Crippen molar-refractivity contribution >= 4 is 11.6 Å². The maximum absolute atomic E-state index is 13.6. The molecule has 0 amide bonds. The highest BCUT2D eigenvalue weighted by atomic mass is 35.5. The van der Waals surface area contributed by atoms with Crippen molar-refractivity contribution in [1.82, 2.24) is 5.32 Å². The van der Waals surface area contributed by atoms with Gasteiger partial charge in [-0.1, -0.05) is 37.6 Å². The summed E-state index contributed by atoms with van der Waals surface area (Å²) >= 11 is 6.11. The van der Waals surface area contributed by atoms with Crippen LogP contribution in [0.25, 0.3) is 0 Å². The first-order valence-electron chi connectivity index (χ1n) is 7.95. The Morgan fingerprint density at radius 1 is 1.43 bits per heavy atom. The Hall–Kier alpha value is -0.640. The lowest BCUT2D eigenvalue weighted by Gasteiger charge is -2.28. The number of rotatable bonds is 7. The lowest BCUT2D eigenvalue weighted by Crippen LogP contribution is -2.42. The van der Waals surface area contributed by atoms with E-state index in [0.29, 0.717) is 12.0 Å². The van der Waals surface area contributed by atoms with Gasteiger partial charge in [-0.2, -0.15) is 0 Å². The first-order valence-corrected chi connectivity index (χ1v) is 8.33. The first-order chi connectivity index (χ1) is 10.2. The van der Waals surface area contributed by atoms with Gasteiger partial charge in [0.05, 0.1) is 11.1 Å². The molecule has 3 atom stereocenters. The van der Waals surface area contributed by atoms with Gasteiger partial charge >= 0.3 is 0 Å². The highest BCUT2D eigenvalue weighted by Crippen LogP contribution is 2.30. The van der Waals surface area contributed by atoms with Gasteiger partial charge in [0, 0.05) is 18.6 Å². The fraction of sp³-hybridized carbons (Fsp3) is 0.647. The average Bonchev–Trinajstić information content (AvgIpc) is 2.96. The molecular weight excluding hydrogens is 289 g/mol. The Balaban J connectivity index is 2.14. The topological polar surface area (TPSA) is 21.3 Å². The van der Waals surface area contributed by atoms with E-state index < -0.39 is 0 Å². The average molecular weight is 314 g/mol. The molecule has 1 N–H and O–H groups in total. The highest BCUT2D eigenvalue weighted by molar-refractivity contribution is 6.31. The van der Waals surface area contributed by atoms with E-state index in [4.69, 9.17) is 16.3 Å². The van der Waals surface area contributed by atoms with Gasteiger partial charge in [-0.3, -0.25) is 0 Å². The molecule has 3 unspecified atom stereocenters. The summed E-state index contributed by atoms with van der Waals surface area (Å²) in [7, 11) is 0. The molecule has 0 aromatic heterocycles. The maximum Gasteiger partial charge on any atom is 0.142 e. The second-order valence-corrected chi connectivity index (χ2v) is 6.13. The van der Waals surface area contributed by atoms with Gasteiger partial charge < -0.3 is 10.1 Å². The molecule has 2 nitrogen and oxygen atoms in total. The Labute approximate surface area is 132 Å². The van der Waals surface area contributed by atoms with Gasteiger partial charge in [-0.05, 0) is 43.9 Å². The van der Waals surface area contributed by atoms with Crippen molar-refractivity contribution in [3.8, 4) is 0 Å². The van der Waals surface area contributed by atoms with E-state index in [1.54, 1.807) is 6.07 Å². The van der Waals surface area contributed by atoms with Crippen LogP contribution in [-0.4, -0.2) is 25.3 Å². The largest absolute Gasteiger partial charge is 0.378 e. The summed E-state index contributed by atoms with van der Waals surface area (Å²) in [6, 6.07) is 5.35. The lowest BCUT2D eigenvalue weighted by atomic mass is 9.87. The third-order valence-electron chi connectivity index (χ3n) is 4.31. The van der Waals surface area contributed by atoms with Gasteiger partial charge in [-0.15, -0.1) is 0 Å². The van der Waals surface area contributed by atoms with Crippen LogP contribution in [0.1, 0.15) is 38.7 Å². The summed E-state index contributed by atoms with van der Waals surface area (Å²) in [6.07, 6.45) is 4.21. The number of halogens is 2. The fourth-order valence-electron chi connectivity index (χ4n) is 3.19. The normalized spacial score (nSPS) is 23.4. The molecule has 1 aliphatic rings. The zero-order chi connectivity index (χ0) is 15.2. The minimum atomic E-state index is -0.335. The fourth-order valence-corrected chi connectivity index (χ4v) is 3.40. The van der Waals surface area contributed by atoms with Crippen LogP contribution in [0.15, 0.2) is 18.2 Å². The van der Waals surface area contributed by atoms with Crippen molar-refractivity contribution in [1.29, 1.82) is 0 Å². The summed E-state index contributed by atoms with van der Waals surface area (Å²) in [5, 5.41) is 3.87. The molecule has 0 spiro atoms. The van der Waals surface area contributed by atoms with Crippen molar-refractivity contribution < 1.29 is 9.13 Å². The number of hydrogen-bond acceptors (Lipinski definition) is 2. The summed E-state index contributed by atoms with van der Waals surface area (Å²) in [5.41, 5.74) is 0.882. The zero-order valence-electron chi connectivity index (χ0n) is 12.9. The molecular formula is C17H25ClFNO. The van der Waals surface area contributed by atoms with E-state index in [2.05, 4.69) is 19.2 Å². The molecule has 0 radical (unpaired) electrons. The second kappa shape index (κ2) is 8.11. The van der Waals surface area contributed by atoms with E-state index in [1.807, 2.05) is 6.07 Å². The Morgan fingerprint density at radius 3 is 2.95 bits per heavy atom. The van der Waals surface area contributed by atoms with E-state index in [0.717, 1.165) is 44.4 Å². The van der Waals surface area contributed by atoms with Crippen molar-refractivity contribution in [2.75, 3.05) is 13.2 Å². The molecule has 118 valence electrons. The van der Waals surface area contributed by atoms with E-state index in [-0.39, 0.29) is 16.9 Å². The molecule has 0 bridgehead atoms. The van der Waals surface area contributed by atoms with Crippen molar-refractivity contribution in [3.63, 3.8) is 0 Å². The van der Waals surface area contributed by atoms with Crippen molar-refractivity contribution in [2.24, 2.45) is 5.92 Å². The van der Waals surface area contributed by atoms with Crippen LogP contribution in [0.2, 0.25) is 5.02 Å². The first kappa shape index (κ1) is 16.7.